The van der Waals surface area contributed by atoms with E-state index >= 15 is 0 Å². The van der Waals surface area contributed by atoms with Gasteiger partial charge in [0.1, 0.15) is 11.6 Å². The highest BCUT2D eigenvalue weighted by Gasteiger charge is 2.40. The topological polar surface area (TPSA) is 41.1 Å². The van der Waals surface area contributed by atoms with Crippen LogP contribution in [0.4, 0.5) is 8.78 Å². The van der Waals surface area contributed by atoms with Gasteiger partial charge >= 0.3 is 0 Å². The summed E-state index contributed by atoms with van der Waals surface area (Å²) in [5.74, 6) is -1.08. The minimum absolute atomic E-state index is 0.0782. The largest absolute Gasteiger partial charge is 0.349 e. The molecule has 1 aliphatic heterocycles. The predicted molar refractivity (Wildman–Crippen MR) is 77.7 cm³/mol. The average molecular weight is 296 g/mol. The van der Waals surface area contributed by atoms with Crippen LogP contribution in [-0.2, 0) is 4.79 Å². The summed E-state index contributed by atoms with van der Waals surface area (Å²) in [5.41, 5.74) is -0.242. The Morgan fingerprint density at radius 1 is 1.48 bits per heavy atom. The second kappa shape index (κ2) is 6.52. The van der Waals surface area contributed by atoms with E-state index < -0.39 is 23.1 Å². The van der Waals surface area contributed by atoms with Crippen LogP contribution < -0.4 is 10.6 Å². The van der Waals surface area contributed by atoms with Crippen molar-refractivity contribution in [3.05, 3.63) is 35.4 Å². The summed E-state index contributed by atoms with van der Waals surface area (Å²) in [6.07, 6.45) is 2.49. The molecule has 0 aliphatic carbocycles. The van der Waals surface area contributed by atoms with Gasteiger partial charge in [-0.2, -0.15) is 0 Å². The fourth-order valence-corrected chi connectivity index (χ4v) is 3.02. The quantitative estimate of drug-likeness (QED) is 0.877. The molecule has 1 aliphatic rings. The molecule has 1 amide bonds. The molecule has 1 fully saturated rings. The lowest BCUT2D eigenvalue weighted by atomic mass is 9.81. The van der Waals surface area contributed by atoms with Gasteiger partial charge in [-0.05, 0) is 44.5 Å². The zero-order valence-electron chi connectivity index (χ0n) is 12.5. The molecular formula is C16H22F2N2O. The summed E-state index contributed by atoms with van der Waals surface area (Å²) in [6.45, 7) is 5.18. The molecule has 1 heterocycles. The number of nitrogens with one attached hydrogen (secondary N) is 2. The summed E-state index contributed by atoms with van der Waals surface area (Å²) in [5, 5.41) is 6.06. The molecule has 1 saturated heterocycles. The van der Waals surface area contributed by atoms with Gasteiger partial charge in [0, 0.05) is 12.1 Å². The molecule has 0 bridgehead atoms. The number of amides is 1. The van der Waals surface area contributed by atoms with Crippen molar-refractivity contribution in [3.63, 3.8) is 0 Å². The van der Waals surface area contributed by atoms with Gasteiger partial charge in [-0.3, -0.25) is 4.79 Å². The number of carbonyl (C=O) groups is 1. The molecule has 2 N–H and O–H groups in total. The summed E-state index contributed by atoms with van der Waals surface area (Å²) < 4.78 is 27.0. The first-order chi connectivity index (χ1) is 9.98. The molecule has 0 saturated carbocycles. The Kier molecular flexibility index (Phi) is 4.93. The minimum Gasteiger partial charge on any atom is -0.349 e. The Hall–Kier alpha value is -1.49. The summed E-state index contributed by atoms with van der Waals surface area (Å²) >= 11 is 0. The highest BCUT2D eigenvalue weighted by molar-refractivity contribution is 5.83. The molecule has 2 rings (SSSR count). The van der Waals surface area contributed by atoms with Gasteiger partial charge in [0.15, 0.2) is 0 Å². The van der Waals surface area contributed by atoms with Gasteiger partial charge in [-0.1, -0.05) is 13.3 Å². The third kappa shape index (κ3) is 3.40. The first kappa shape index (κ1) is 15.9. The summed E-state index contributed by atoms with van der Waals surface area (Å²) in [7, 11) is 0. The van der Waals surface area contributed by atoms with Gasteiger partial charge < -0.3 is 10.6 Å². The third-order valence-corrected chi connectivity index (χ3v) is 4.23. The van der Waals surface area contributed by atoms with Gasteiger partial charge in [0.2, 0.25) is 5.91 Å². The molecule has 1 aromatic rings. The van der Waals surface area contributed by atoms with Crippen LogP contribution in [0.25, 0.3) is 0 Å². The van der Waals surface area contributed by atoms with Gasteiger partial charge in [-0.25, -0.2) is 8.78 Å². The van der Waals surface area contributed by atoms with E-state index in [0.717, 1.165) is 44.0 Å². The second-order valence-electron chi connectivity index (χ2n) is 5.82. The lowest BCUT2D eigenvalue weighted by Gasteiger charge is -2.28. The molecule has 1 aromatic carbocycles. The zero-order valence-corrected chi connectivity index (χ0v) is 12.5. The maximum Gasteiger partial charge on any atom is 0.228 e. The summed E-state index contributed by atoms with van der Waals surface area (Å²) in [4.78, 5) is 12.6. The Balaban J connectivity index is 2.12. The van der Waals surface area contributed by atoms with Crippen LogP contribution in [0.3, 0.4) is 0 Å². The van der Waals surface area contributed by atoms with Crippen molar-refractivity contribution in [3.8, 4) is 0 Å². The molecule has 3 nitrogen and oxygen atoms in total. The molecule has 0 aromatic heterocycles. The Labute approximate surface area is 124 Å². The van der Waals surface area contributed by atoms with Crippen LogP contribution in [0, 0.1) is 17.0 Å². The molecule has 5 heteroatoms. The fraction of sp³-hybridized carbons (Fsp3) is 0.562. The lowest BCUT2D eigenvalue weighted by molar-refractivity contribution is -0.131. The number of hydrogen-bond donors (Lipinski definition) is 2. The normalized spacial score (nSPS) is 23.0. The summed E-state index contributed by atoms with van der Waals surface area (Å²) in [6, 6.07) is 2.75. The number of carbonyl (C=O) groups excluding carboxylic acids is 1. The number of hydrogen-bond acceptors (Lipinski definition) is 2. The van der Waals surface area contributed by atoms with Crippen molar-refractivity contribution < 1.29 is 13.6 Å². The van der Waals surface area contributed by atoms with Crippen LogP contribution in [0.5, 0.6) is 0 Å². The minimum atomic E-state index is -0.553. The van der Waals surface area contributed by atoms with Crippen LogP contribution >= 0.6 is 0 Å². The first-order valence-electron chi connectivity index (χ1n) is 7.45. The molecule has 2 atom stereocenters. The van der Waals surface area contributed by atoms with Crippen molar-refractivity contribution in [2.45, 2.75) is 39.2 Å². The van der Waals surface area contributed by atoms with Crippen molar-refractivity contribution in [2.75, 3.05) is 13.1 Å². The standard InChI is InChI=1S/C16H22F2N2O/c1-3-6-16(7-8-19-10-16)15(21)20-11(2)13-9-12(17)4-5-14(13)18/h4-5,9,11,19H,3,6-8,10H2,1-2H3,(H,20,21). The molecule has 21 heavy (non-hydrogen) atoms. The molecular weight excluding hydrogens is 274 g/mol. The van der Waals surface area contributed by atoms with Gasteiger partial charge in [-0.15, -0.1) is 0 Å². The van der Waals surface area contributed by atoms with Crippen molar-refractivity contribution in [1.82, 2.24) is 10.6 Å². The van der Waals surface area contributed by atoms with Gasteiger partial charge in [0.05, 0.1) is 11.5 Å². The number of rotatable bonds is 5. The van der Waals surface area contributed by atoms with Gasteiger partial charge in [0.25, 0.3) is 0 Å². The Morgan fingerprint density at radius 3 is 2.86 bits per heavy atom. The van der Waals surface area contributed by atoms with Crippen LogP contribution in [0.15, 0.2) is 18.2 Å². The second-order valence-corrected chi connectivity index (χ2v) is 5.82. The number of benzene rings is 1. The maximum atomic E-state index is 13.8. The molecule has 0 radical (unpaired) electrons. The van der Waals surface area contributed by atoms with E-state index in [1.807, 2.05) is 6.92 Å². The molecule has 116 valence electrons. The predicted octanol–water partition coefficient (Wildman–Crippen LogP) is 2.92. The average Bonchev–Trinajstić information content (AvgIpc) is 2.91. The smallest absolute Gasteiger partial charge is 0.228 e. The highest BCUT2D eigenvalue weighted by Crippen LogP contribution is 2.32. The van der Waals surface area contributed by atoms with Crippen molar-refractivity contribution in [2.24, 2.45) is 5.41 Å². The van der Waals surface area contributed by atoms with E-state index in [-0.39, 0.29) is 11.5 Å². The van der Waals surface area contributed by atoms with Crippen molar-refractivity contribution in [1.29, 1.82) is 0 Å². The van der Waals surface area contributed by atoms with E-state index in [1.54, 1.807) is 6.92 Å². The van der Waals surface area contributed by atoms with E-state index in [9.17, 15) is 13.6 Å². The monoisotopic (exact) mass is 296 g/mol. The van der Waals surface area contributed by atoms with Crippen molar-refractivity contribution >= 4 is 5.91 Å². The van der Waals surface area contributed by atoms with Crippen LogP contribution in [0.2, 0.25) is 0 Å². The highest BCUT2D eigenvalue weighted by atomic mass is 19.1. The van der Waals surface area contributed by atoms with E-state index in [0.29, 0.717) is 6.54 Å². The third-order valence-electron chi connectivity index (χ3n) is 4.23. The Bertz CT molecular complexity index is 513. The molecule has 0 spiro atoms. The zero-order chi connectivity index (χ0) is 15.5. The van der Waals surface area contributed by atoms with E-state index in [2.05, 4.69) is 10.6 Å². The van der Waals surface area contributed by atoms with Crippen LogP contribution in [0.1, 0.15) is 44.7 Å². The van der Waals surface area contributed by atoms with E-state index in [4.69, 9.17) is 0 Å². The SMILES string of the molecule is CCCC1(C(=O)NC(C)c2cc(F)ccc2F)CCNC1. The Morgan fingerprint density at radius 2 is 2.24 bits per heavy atom. The lowest BCUT2D eigenvalue weighted by Crippen LogP contribution is -2.43. The van der Waals surface area contributed by atoms with E-state index in [1.165, 1.54) is 0 Å². The van der Waals surface area contributed by atoms with Crippen LogP contribution in [-0.4, -0.2) is 19.0 Å². The maximum absolute atomic E-state index is 13.8. The number of halogens is 2. The fourth-order valence-electron chi connectivity index (χ4n) is 3.02. The molecule has 2 unspecified atom stereocenters. The first-order valence-corrected chi connectivity index (χ1v) is 7.45.